The fourth-order valence-corrected chi connectivity index (χ4v) is 11.8. The molecule has 0 aliphatic carbocycles. The van der Waals surface area contributed by atoms with Crippen molar-refractivity contribution in [1.29, 1.82) is 0 Å². The van der Waals surface area contributed by atoms with Gasteiger partial charge in [0.1, 0.15) is 48.8 Å². The van der Waals surface area contributed by atoms with Crippen LogP contribution in [-0.2, 0) is 140 Å². The zero-order valence-electron chi connectivity index (χ0n) is 53.7. The van der Waals surface area contributed by atoms with E-state index in [9.17, 15) is 19.2 Å². The molecule has 0 unspecified atom stereocenters. The highest BCUT2D eigenvalue weighted by atomic mass is 16.9. The molecule has 8 aliphatic rings. The lowest BCUT2D eigenvalue weighted by molar-refractivity contribution is -0.224. The van der Waals surface area contributed by atoms with E-state index in [-0.39, 0.29) is 52.9 Å². The number of esters is 4. The molecule has 500 valence electrons. The Kier molecular flexibility index (Phi) is 22.2. The summed E-state index contributed by atoms with van der Waals surface area (Å²) < 4.78 is 122. The van der Waals surface area contributed by atoms with Crippen molar-refractivity contribution in [3.63, 3.8) is 0 Å². The predicted molar refractivity (Wildman–Crippen MR) is 310 cm³/mol. The minimum absolute atomic E-state index is 0.0865. The van der Waals surface area contributed by atoms with Gasteiger partial charge >= 0.3 is 23.9 Å². The molecule has 26 heteroatoms. The van der Waals surface area contributed by atoms with Gasteiger partial charge < -0.3 is 94.7 Å². The smallest absolute Gasteiger partial charge is 0.338 e. The first-order chi connectivity index (χ1) is 42.9. The number of fused-ring (bicyclic) bond motifs is 4. The highest BCUT2D eigenvalue weighted by Crippen LogP contribution is 2.44. The van der Waals surface area contributed by atoms with Crippen molar-refractivity contribution in [1.82, 2.24) is 0 Å². The van der Waals surface area contributed by atoms with Gasteiger partial charge in [-0.05, 0) is 128 Å². The second-order valence-electron chi connectivity index (χ2n) is 25.5. The Morgan fingerprint density at radius 3 is 0.789 bits per heavy atom. The summed E-state index contributed by atoms with van der Waals surface area (Å²) in [7, 11) is 0. The van der Waals surface area contributed by atoms with E-state index in [0.29, 0.717) is 59.3 Å². The summed E-state index contributed by atoms with van der Waals surface area (Å²) in [6, 6.07) is 10.8. The number of hydrogen-bond donors (Lipinski definition) is 0. The molecule has 8 heterocycles. The van der Waals surface area contributed by atoms with E-state index < -0.39 is 145 Å². The predicted octanol–water partition coefficient (Wildman–Crippen LogP) is 8.52. The zero-order valence-corrected chi connectivity index (χ0v) is 53.7. The molecule has 2 aromatic carbocycles. The van der Waals surface area contributed by atoms with E-state index in [1.165, 1.54) is 0 Å². The molecule has 0 radical (unpaired) electrons. The third kappa shape index (κ3) is 16.6. The molecule has 0 saturated carbocycles. The third-order valence-corrected chi connectivity index (χ3v) is 16.0. The standard InChI is InChI=1S/C64H90N2O24/c1-13-17-21-71-53(67)45-41(49-57(79-45)87-61(5,6)83-49)75-31-35-25-36(32-76-42-46(54(68)72-22-18-14-2)80-58-50(42)84-62(7,8)88-58)28-39(27-35)65-66-40-29-37(33-77-43-47(55(69)73-23-19-15-3)81-59-51(43)85-63(9,10)89-59)26-38(30-40)34-78-44-48(56(70)74-24-20-16-4)82-60-52(44)86-64(11,12)90-60/h25-30,41-52,57-60H,13-24,31-34H2,1-12H3/t41-,42-,43-,44-,45-,46-,47-,48-,49+,50+,51+,52+,57+,58+,59+,60+/m0/s1. The summed E-state index contributed by atoms with van der Waals surface area (Å²) >= 11 is 0. The Hall–Kier alpha value is -4.72. The largest absolute Gasteiger partial charge is 0.464 e. The molecular weight excluding hydrogens is 1180 g/mol. The van der Waals surface area contributed by atoms with E-state index >= 15 is 0 Å². The maximum atomic E-state index is 13.6. The topological polar surface area (TPSA) is 278 Å². The van der Waals surface area contributed by atoms with Crippen LogP contribution in [0.4, 0.5) is 11.4 Å². The van der Waals surface area contributed by atoms with E-state index in [1.54, 1.807) is 79.7 Å². The molecule has 8 aliphatic heterocycles. The van der Waals surface area contributed by atoms with Gasteiger partial charge in [0.15, 0.2) is 72.7 Å². The van der Waals surface area contributed by atoms with Gasteiger partial charge in [-0.3, -0.25) is 0 Å². The van der Waals surface area contributed by atoms with Gasteiger partial charge in [-0.15, -0.1) is 0 Å². The number of carbonyl (C=O) groups excluding carboxylic acids is 4. The number of ether oxygens (including phenoxy) is 20. The Bertz CT molecular complexity index is 2470. The summed E-state index contributed by atoms with van der Waals surface area (Å²) in [6.45, 7) is 22.5. The van der Waals surface area contributed by atoms with Crippen molar-refractivity contribution in [2.24, 2.45) is 10.2 Å². The average Bonchev–Trinajstić information content (AvgIpc) is 1.69. The molecule has 8 fully saturated rings. The molecular formula is C64H90N2O24. The zero-order chi connectivity index (χ0) is 64.1. The van der Waals surface area contributed by atoms with E-state index in [1.807, 2.05) is 39.8 Å². The minimum atomic E-state index is -1.16. The van der Waals surface area contributed by atoms with Crippen LogP contribution in [0.1, 0.15) is 157 Å². The second-order valence-corrected chi connectivity index (χ2v) is 25.5. The highest BCUT2D eigenvalue weighted by molar-refractivity contribution is 5.77. The van der Waals surface area contributed by atoms with Gasteiger partial charge in [0.25, 0.3) is 0 Å². The first-order valence-corrected chi connectivity index (χ1v) is 31.8. The van der Waals surface area contributed by atoms with Crippen LogP contribution < -0.4 is 0 Å². The lowest BCUT2D eigenvalue weighted by Crippen LogP contribution is -2.41. The van der Waals surface area contributed by atoms with Crippen molar-refractivity contribution < 1.29 is 114 Å². The summed E-state index contributed by atoms with van der Waals surface area (Å²) in [6.07, 6.45) is -9.17. The Morgan fingerprint density at radius 1 is 0.356 bits per heavy atom. The molecule has 2 aromatic rings. The normalized spacial score (nSPS) is 33.1. The van der Waals surface area contributed by atoms with Crippen molar-refractivity contribution in [3.8, 4) is 0 Å². The Balaban J connectivity index is 0.965. The molecule has 16 atom stereocenters. The van der Waals surface area contributed by atoms with Crippen LogP contribution in [0.25, 0.3) is 0 Å². The number of unbranched alkanes of at least 4 members (excludes halogenated alkanes) is 4. The summed E-state index contributed by atoms with van der Waals surface area (Å²) in [4.78, 5) is 54.3. The van der Waals surface area contributed by atoms with Gasteiger partial charge in [0.05, 0.1) is 64.2 Å². The van der Waals surface area contributed by atoms with Crippen LogP contribution in [0.5, 0.6) is 0 Å². The van der Waals surface area contributed by atoms with Crippen molar-refractivity contribution >= 4 is 35.3 Å². The second kappa shape index (κ2) is 29.3. The van der Waals surface area contributed by atoms with Gasteiger partial charge in [-0.2, -0.15) is 10.2 Å². The fraction of sp³-hybridized carbons (Fsp3) is 0.750. The molecule has 0 amide bonds. The van der Waals surface area contributed by atoms with E-state index in [2.05, 4.69) is 0 Å². The number of nitrogens with zero attached hydrogens (tertiary/aromatic N) is 2. The number of carbonyl (C=O) groups is 4. The number of hydrogen-bond acceptors (Lipinski definition) is 26. The van der Waals surface area contributed by atoms with Gasteiger partial charge in [-0.1, -0.05) is 65.5 Å². The third-order valence-electron chi connectivity index (χ3n) is 16.0. The van der Waals surface area contributed by atoms with Crippen LogP contribution in [0.15, 0.2) is 46.6 Å². The van der Waals surface area contributed by atoms with E-state index in [4.69, 9.17) is 105 Å². The molecule has 0 N–H and O–H groups in total. The van der Waals surface area contributed by atoms with Crippen LogP contribution in [0.2, 0.25) is 0 Å². The maximum Gasteiger partial charge on any atom is 0.338 e. The van der Waals surface area contributed by atoms with Crippen LogP contribution in [0, 0.1) is 0 Å². The van der Waals surface area contributed by atoms with Gasteiger partial charge in [0, 0.05) is 0 Å². The van der Waals surface area contributed by atoms with Crippen LogP contribution in [-0.4, -0.2) is 172 Å². The molecule has 10 rings (SSSR count). The van der Waals surface area contributed by atoms with Crippen molar-refractivity contribution in [2.75, 3.05) is 26.4 Å². The average molecular weight is 1270 g/mol. The number of benzene rings is 2. The Morgan fingerprint density at radius 2 is 0.578 bits per heavy atom. The SMILES string of the molecule is CCCCOC(=O)[C@H]1O[C@@H]2OC(C)(C)O[C@@H]2[C@H]1OCc1cc(CO[C@@H]2[C@H]3OC(C)(C)O[C@H]3O[C@@H]2C(=O)OCCCC)cc(N=Nc2cc(CO[C@@H]3[C@H]4OC(C)(C)O[C@H]4O[C@@H]3C(=O)OCCCC)cc(CO[C@@H]3[C@H]4OC(C)(C)O[C@H]4O[C@@H]3C(=O)OCCCC)c2)c1. The maximum absolute atomic E-state index is 13.6. The lowest BCUT2D eigenvalue weighted by Gasteiger charge is -2.25. The fourth-order valence-electron chi connectivity index (χ4n) is 11.8. The lowest BCUT2D eigenvalue weighted by atomic mass is 10.1. The summed E-state index contributed by atoms with van der Waals surface area (Å²) in [5.41, 5.74) is 3.04. The molecule has 0 aromatic heterocycles. The van der Waals surface area contributed by atoms with E-state index in [0.717, 1.165) is 25.7 Å². The first-order valence-electron chi connectivity index (χ1n) is 31.8. The minimum Gasteiger partial charge on any atom is -0.464 e. The highest BCUT2D eigenvalue weighted by Gasteiger charge is 2.62. The quantitative estimate of drug-likeness (QED) is 0.0306. The number of rotatable bonds is 30. The molecule has 26 nitrogen and oxygen atoms in total. The van der Waals surface area contributed by atoms with Crippen LogP contribution in [0.3, 0.4) is 0 Å². The summed E-state index contributed by atoms with van der Waals surface area (Å²) in [5.74, 6) is -6.51. The molecule has 90 heavy (non-hydrogen) atoms. The number of azo groups is 1. The first kappa shape index (κ1) is 68.1. The molecule has 0 spiro atoms. The summed E-state index contributed by atoms with van der Waals surface area (Å²) in [5, 5.41) is 9.60. The van der Waals surface area contributed by atoms with Gasteiger partial charge in [-0.25, -0.2) is 19.2 Å². The van der Waals surface area contributed by atoms with Gasteiger partial charge in [0.2, 0.25) is 0 Å². The molecule has 8 saturated heterocycles. The monoisotopic (exact) mass is 1270 g/mol. The van der Waals surface area contributed by atoms with Crippen molar-refractivity contribution in [2.45, 2.75) is 282 Å². The van der Waals surface area contributed by atoms with Crippen molar-refractivity contribution in [3.05, 3.63) is 58.7 Å². The Labute approximate surface area is 525 Å². The molecule has 0 bridgehead atoms. The van der Waals surface area contributed by atoms with Crippen LogP contribution >= 0.6 is 0 Å².